The monoisotopic (exact) mass is 482 g/mol. The van der Waals surface area contributed by atoms with Crippen LogP contribution >= 0.6 is 11.3 Å². The van der Waals surface area contributed by atoms with Gasteiger partial charge in [-0.2, -0.15) is 0 Å². The Bertz CT molecular complexity index is 1080. The summed E-state index contributed by atoms with van der Waals surface area (Å²) in [6, 6.07) is 12.6. The highest BCUT2D eigenvalue weighted by molar-refractivity contribution is 7.09. The minimum Gasteiger partial charge on any atom is -0.493 e. The Hall–Kier alpha value is -3.26. The number of piperidine rings is 1. The van der Waals surface area contributed by atoms with Crippen molar-refractivity contribution >= 4 is 23.2 Å². The van der Waals surface area contributed by atoms with Crippen molar-refractivity contribution in [3.63, 3.8) is 0 Å². The van der Waals surface area contributed by atoms with Crippen molar-refractivity contribution in [2.45, 2.75) is 45.4 Å². The van der Waals surface area contributed by atoms with Gasteiger partial charge in [-0.15, -0.1) is 11.3 Å². The van der Waals surface area contributed by atoms with Crippen LogP contribution in [0.3, 0.4) is 0 Å². The van der Waals surface area contributed by atoms with Crippen molar-refractivity contribution in [3.8, 4) is 11.5 Å². The summed E-state index contributed by atoms with van der Waals surface area (Å²) in [5, 5.41) is 2.02. The number of carbonyl (C=O) groups is 2. The van der Waals surface area contributed by atoms with Gasteiger partial charge in [-0.3, -0.25) is 9.59 Å². The number of thiophene rings is 1. The number of rotatable bonds is 9. The third-order valence-corrected chi connectivity index (χ3v) is 6.88. The van der Waals surface area contributed by atoms with Crippen LogP contribution in [0.2, 0.25) is 0 Å². The molecule has 3 heterocycles. The highest BCUT2D eigenvalue weighted by Gasteiger charge is 2.35. The van der Waals surface area contributed by atoms with Gasteiger partial charge in [0.05, 0.1) is 13.4 Å². The molecule has 1 atom stereocenters. The van der Waals surface area contributed by atoms with Crippen molar-refractivity contribution in [3.05, 3.63) is 70.3 Å². The molecular weight excluding hydrogens is 452 g/mol. The van der Waals surface area contributed by atoms with Crippen molar-refractivity contribution in [2.75, 3.05) is 20.2 Å². The van der Waals surface area contributed by atoms with E-state index < -0.39 is 6.04 Å². The van der Waals surface area contributed by atoms with Gasteiger partial charge in [0.1, 0.15) is 12.6 Å². The van der Waals surface area contributed by atoms with Crippen molar-refractivity contribution in [2.24, 2.45) is 0 Å². The molecule has 0 N–H and O–H groups in total. The first-order valence-electron chi connectivity index (χ1n) is 11.6. The maximum Gasteiger partial charge on any atom is 0.290 e. The summed E-state index contributed by atoms with van der Waals surface area (Å²) in [4.78, 5) is 31.1. The van der Waals surface area contributed by atoms with Gasteiger partial charge in [-0.05, 0) is 67.5 Å². The van der Waals surface area contributed by atoms with Crippen LogP contribution in [-0.2, 0) is 17.9 Å². The van der Waals surface area contributed by atoms with Crippen LogP contribution < -0.4 is 9.47 Å². The fraction of sp³-hybridized carbons (Fsp3) is 0.385. The van der Waals surface area contributed by atoms with Crippen LogP contribution in [0.5, 0.6) is 11.5 Å². The molecule has 8 heteroatoms. The number of likely N-dealkylation sites (tertiary alicyclic amines) is 1. The molecule has 2 aromatic heterocycles. The summed E-state index contributed by atoms with van der Waals surface area (Å²) in [6.45, 7) is 3.95. The van der Waals surface area contributed by atoms with E-state index in [9.17, 15) is 9.59 Å². The van der Waals surface area contributed by atoms with E-state index in [1.807, 2.05) is 42.6 Å². The minimum absolute atomic E-state index is 0.0425. The Kier molecular flexibility index (Phi) is 7.90. The topological polar surface area (TPSA) is 72.2 Å². The number of furan rings is 1. The lowest BCUT2D eigenvalue weighted by molar-refractivity contribution is -0.137. The molecule has 1 aliphatic heterocycles. The zero-order valence-corrected chi connectivity index (χ0v) is 20.4. The van der Waals surface area contributed by atoms with E-state index in [-0.39, 0.29) is 17.6 Å². The molecule has 4 rings (SSSR count). The Morgan fingerprint density at radius 2 is 2.06 bits per heavy atom. The van der Waals surface area contributed by atoms with E-state index in [1.54, 1.807) is 40.4 Å². The van der Waals surface area contributed by atoms with Crippen LogP contribution in [0.1, 0.15) is 47.2 Å². The number of ether oxygens (including phenoxy) is 2. The average molecular weight is 483 g/mol. The summed E-state index contributed by atoms with van der Waals surface area (Å²) in [6.07, 6.45) is 3.93. The van der Waals surface area contributed by atoms with Crippen LogP contribution in [0.25, 0.3) is 0 Å². The number of amides is 2. The molecule has 0 spiro atoms. The number of nitrogens with zero attached hydrogens (tertiary/aromatic N) is 2. The van der Waals surface area contributed by atoms with E-state index in [1.165, 1.54) is 6.26 Å². The molecule has 1 aromatic carbocycles. The zero-order chi connectivity index (χ0) is 23.9. The molecule has 34 heavy (non-hydrogen) atoms. The van der Waals surface area contributed by atoms with Gasteiger partial charge in [-0.1, -0.05) is 12.1 Å². The van der Waals surface area contributed by atoms with E-state index in [0.29, 0.717) is 44.2 Å². The number of likely N-dealkylation sites (N-methyl/N-ethyl adjacent to an activating group) is 1. The fourth-order valence-corrected chi connectivity index (χ4v) is 4.84. The standard InChI is InChI=1S/C26H30N2O5S/c1-3-27(25(29)21-9-4-5-13-28(21)26(30)23-10-6-14-32-23)17-19-11-12-22(24(16-19)31-2)33-18-20-8-7-15-34-20/h6-8,10-12,14-16,21H,3-5,9,13,17-18H2,1-2H3. The Morgan fingerprint density at radius 1 is 1.18 bits per heavy atom. The molecule has 0 bridgehead atoms. The lowest BCUT2D eigenvalue weighted by Gasteiger charge is -2.37. The summed E-state index contributed by atoms with van der Waals surface area (Å²) in [5.41, 5.74) is 0.940. The minimum atomic E-state index is -0.485. The molecular formula is C26H30N2O5S. The first-order valence-corrected chi connectivity index (χ1v) is 12.4. The largest absolute Gasteiger partial charge is 0.493 e. The van der Waals surface area contributed by atoms with E-state index in [4.69, 9.17) is 13.9 Å². The fourth-order valence-electron chi connectivity index (χ4n) is 4.22. The van der Waals surface area contributed by atoms with Gasteiger partial charge in [-0.25, -0.2) is 0 Å². The maximum absolute atomic E-state index is 13.5. The molecule has 1 fully saturated rings. The quantitative estimate of drug-likeness (QED) is 0.431. The molecule has 0 radical (unpaired) electrons. The molecule has 7 nitrogen and oxygen atoms in total. The molecule has 0 saturated carbocycles. The number of benzene rings is 1. The Labute approximate surface area is 203 Å². The lowest BCUT2D eigenvalue weighted by atomic mass is 10.00. The smallest absolute Gasteiger partial charge is 0.290 e. The summed E-state index contributed by atoms with van der Waals surface area (Å²) in [5.74, 6) is 1.29. The van der Waals surface area contributed by atoms with Gasteiger partial charge < -0.3 is 23.7 Å². The van der Waals surface area contributed by atoms with Crippen LogP contribution in [0, 0.1) is 0 Å². The molecule has 0 aliphatic carbocycles. The average Bonchev–Trinajstić information content (AvgIpc) is 3.60. The van der Waals surface area contributed by atoms with Crippen LogP contribution in [0.15, 0.2) is 58.5 Å². The van der Waals surface area contributed by atoms with Gasteiger partial charge >= 0.3 is 0 Å². The maximum atomic E-state index is 13.5. The lowest BCUT2D eigenvalue weighted by Crippen LogP contribution is -2.52. The molecule has 2 amide bonds. The van der Waals surface area contributed by atoms with Gasteiger partial charge in [0.15, 0.2) is 17.3 Å². The van der Waals surface area contributed by atoms with Crippen molar-refractivity contribution < 1.29 is 23.5 Å². The Balaban J connectivity index is 1.46. The van der Waals surface area contributed by atoms with Crippen molar-refractivity contribution in [1.82, 2.24) is 9.80 Å². The zero-order valence-electron chi connectivity index (χ0n) is 19.6. The normalized spacial score (nSPS) is 15.7. The highest BCUT2D eigenvalue weighted by Crippen LogP contribution is 2.30. The molecule has 1 aliphatic rings. The number of hydrogen-bond donors (Lipinski definition) is 0. The summed E-state index contributed by atoms with van der Waals surface area (Å²) in [7, 11) is 1.61. The summed E-state index contributed by atoms with van der Waals surface area (Å²) < 4.78 is 16.8. The third-order valence-electron chi connectivity index (χ3n) is 6.03. The third kappa shape index (κ3) is 5.44. The second kappa shape index (κ2) is 11.2. The molecule has 3 aromatic rings. The molecule has 1 unspecified atom stereocenters. The number of carbonyl (C=O) groups excluding carboxylic acids is 2. The summed E-state index contributed by atoms with van der Waals surface area (Å²) >= 11 is 1.64. The van der Waals surface area contributed by atoms with Gasteiger partial charge in [0.25, 0.3) is 5.91 Å². The van der Waals surface area contributed by atoms with Gasteiger partial charge in [0.2, 0.25) is 5.91 Å². The SMILES string of the molecule is CCN(Cc1ccc(OCc2cccs2)c(OC)c1)C(=O)C1CCCCN1C(=O)c1ccco1. The number of methoxy groups -OCH3 is 1. The molecule has 180 valence electrons. The Morgan fingerprint density at radius 3 is 2.76 bits per heavy atom. The number of hydrogen-bond acceptors (Lipinski definition) is 6. The predicted octanol–water partition coefficient (Wildman–Crippen LogP) is 4.97. The van der Waals surface area contributed by atoms with Crippen molar-refractivity contribution in [1.29, 1.82) is 0 Å². The van der Waals surface area contributed by atoms with E-state index >= 15 is 0 Å². The van der Waals surface area contributed by atoms with Crippen LogP contribution in [0.4, 0.5) is 0 Å². The van der Waals surface area contributed by atoms with E-state index in [0.717, 1.165) is 23.3 Å². The first kappa shape index (κ1) is 23.9. The second-order valence-electron chi connectivity index (χ2n) is 8.19. The first-order chi connectivity index (χ1) is 16.6. The van der Waals surface area contributed by atoms with Gasteiger partial charge in [0, 0.05) is 24.5 Å². The predicted molar refractivity (Wildman–Crippen MR) is 130 cm³/mol. The second-order valence-corrected chi connectivity index (χ2v) is 9.23. The van der Waals surface area contributed by atoms with E-state index in [2.05, 4.69) is 0 Å². The molecule has 1 saturated heterocycles. The van der Waals surface area contributed by atoms with Crippen LogP contribution in [-0.4, -0.2) is 47.9 Å². The highest BCUT2D eigenvalue weighted by atomic mass is 32.1.